The second kappa shape index (κ2) is 6.96. The van der Waals surface area contributed by atoms with Gasteiger partial charge in [0.1, 0.15) is 0 Å². The Balaban J connectivity index is 1.92. The minimum atomic E-state index is 0.130. The van der Waals surface area contributed by atoms with Crippen LogP contribution >= 0.6 is 0 Å². The van der Waals surface area contributed by atoms with Crippen molar-refractivity contribution in [3.63, 3.8) is 0 Å². The van der Waals surface area contributed by atoms with Crippen molar-refractivity contribution in [2.45, 2.75) is 19.8 Å². The Kier molecular flexibility index (Phi) is 4.75. The summed E-state index contributed by atoms with van der Waals surface area (Å²) in [5.74, 6) is 2.03. The van der Waals surface area contributed by atoms with E-state index in [9.17, 15) is 0 Å². The van der Waals surface area contributed by atoms with Gasteiger partial charge in [-0.05, 0) is 37.8 Å². The highest BCUT2D eigenvalue weighted by Crippen LogP contribution is 2.37. The molecule has 0 saturated carbocycles. The van der Waals surface area contributed by atoms with E-state index < -0.39 is 0 Å². The quantitative estimate of drug-likeness (QED) is 0.859. The van der Waals surface area contributed by atoms with E-state index in [4.69, 9.17) is 14.7 Å². The summed E-state index contributed by atoms with van der Waals surface area (Å²) in [4.78, 5) is 6.86. The molecule has 5 nitrogen and oxygen atoms in total. The van der Waals surface area contributed by atoms with Crippen LogP contribution in [0.5, 0.6) is 11.5 Å². The van der Waals surface area contributed by atoms with E-state index in [0.717, 1.165) is 36.8 Å². The summed E-state index contributed by atoms with van der Waals surface area (Å²) in [5, 5.41) is 10.2. The first-order valence-corrected chi connectivity index (χ1v) is 8.33. The maximum Gasteiger partial charge on any atom is 0.162 e. The lowest BCUT2D eigenvalue weighted by molar-refractivity contribution is 0.341. The fourth-order valence-corrected chi connectivity index (χ4v) is 3.48. The number of pyridine rings is 1. The third kappa shape index (κ3) is 2.96. The minimum absolute atomic E-state index is 0.130. The Bertz CT molecular complexity index is 761. The van der Waals surface area contributed by atoms with Crippen molar-refractivity contribution in [2.24, 2.45) is 11.8 Å². The highest BCUT2D eigenvalue weighted by atomic mass is 16.5. The van der Waals surface area contributed by atoms with Gasteiger partial charge in [0.05, 0.1) is 25.8 Å². The number of fused-ring (bicyclic) bond motifs is 1. The number of methoxy groups -OCH3 is 2. The topological polar surface area (TPSA) is 58.4 Å². The predicted molar refractivity (Wildman–Crippen MR) is 94.6 cm³/mol. The summed E-state index contributed by atoms with van der Waals surface area (Å²) in [6.45, 7) is 3.95. The molecule has 1 unspecified atom stereocenters. The maximum absolute atomic E-state index is 9.12. The maximum atomic E-state index is 9.12. The Labute approximate surface area is 142 Å². The molecule has 2 aromatic rings. The van der Waals surface area contributed by atoms with Gasteiger partial charge >= 0.3 is 0 Å². The summed E-state index contributed by atoms with van der Waals surface area (Å²) < 4.78 is 10.8. The number of anilines is 1. The van der Waals surface area contributed by atoms with E-state index in [1.54, 1.807) is 14.2 Å². The highest BCUT2D eigenvalue weighted by molar-refractivity contribution is 5.94. The van der Waals surface area contributed by atoms with Crippen LogP contribution in [0.1, 0.15) is 19.8 Å². The number of rotatable bonds is 4. The molecule has 3 rings (SSSR count). The average Bonchev–Trinajstić information content (AvgIpc) is 2.65. The smallest absolute Gasteiger partial charge is 0.162 e. The van der Waals surface area contributed by atoms with Gasteiger partial charge in [-0.2, -0.15) is 5.26 Å². The molecule has 1 aromatic heterocycles. The molecule has 1 fully saturated rings. The van der Waals surface area contributed by atoms with Crippen LogP contribution in [0.3, 0.4) is 0 Å². The van der Waals surface area contributed by atoms with Crippen LogP contribution in [0.15, 0.2) is 24.4 Å². The monoisotopic (exact) mass is 325 g/mol. The lowest BCUT2D eigenvalue weighted by Crippen LogP contribution is -2.35. The summed E-state index contributed by atoms with van der Waals surface area (Å²) in [7, 11) is 3.28. The van der Waals surface area contributed by atoms with E-state index >= 15 is 0 Å². The number of hydrogen-bond donors (Lipinski definition) is 0. The Morgan fingerprint density at radius 2 is 1.88 bits per heavy atom. The van der Waals surface area contributed by atoms with Crippen LogP contribution in [0.4, 0.5) is 5.69 Å². The second-order valence-corrected chi connectivity index (χ2v) is 6.30. The molecule has 1 aliphatic heterocycles. The largest absolute Gasteiger partial charge is 0.493 e. The number of ether oxygens (including phenoxy) is 2. The predicted octanol–water partition coefficient (Wildman–Crippen LogP) is 3.63. The minimum Gasteiger partial charge on any atom is -0.493 e. The first-order chi connectivity index (χ1) is 11.7. The molecule has 1 aromatic carbocycles. The molecule has 0 amide bonds. The molecule has 24 heavy (non-hydrogen) atoms. The van der Waals surface area contributed by atoms with Gasteiger partial charge in [-0.3, -0.25) is 4.98 Å². The molecule has 0 spiro atoms. The van der Waals surface area contributed by atoms with Gasteiger partial charge < -0.3 is 14.4 Å². The normalized spacial score (nSPS) is 16.7. The van der Waals surface area contributed by atoms with Gasteiger partial charge in [0, 0.05) is 42.3 Å². The Morgan fingerprint density at radius 3 is 2.50 bits per heavy atom. The molecular formula is C19H23N3O2. The number of nitriles is 1. The Hall–Kier alpha value is -2.48. The van der Waals surface area contributed by atoms with Crippen LogP contribution in [0.25, 0.3) is 10.9 Å². The lowest BCUT2D eigenvalue weighted by Gasteiger charge is -2.35. The van der Waals surface area contributed by atoms with Gasteiger partial charge in [0.2, 0.25) is 0 Å². The summed E-state index contributed by atoms with van der Waals surface area (Å²) in [5.41, 5.74) is 2.07. The molecule has 2 heterocycles. The fourth-order valence-electron chi connectivity index (χ4n) is 3.48. The van der Waals surface area contributed by atoms with E-state index in [1.807, 2.05) is 25.3 Å². The van der Waals surface area contributed by atoms with Crippen LogP contribution in [-0.4, -0.2) is 32.3 Å². The molecular weight excluding hydrogens is 302 g/mol. The fraction of sp³-hybridized carbons (Fsp3) is 0.474. The first kappa shape index (κ1) is 16.4. The van der Waals surface area contributed by atoms with Gasteiger partial charge in [-0.15, -0.1) is 0 Å². The molecule has 0 N–H and O–H groups in total. The zero-order chi connectivity index (χ0) is 17.1. The number of hydrogen-bond acceptors (Lipinski definition) is 5. The summed E-state index contributed by atoms with van der Waals surface area (Å²) in [6, 6.07) is 8.36. The zero-order valence-corrected chi connectivity index (χ0v) is 14.5. The highest BCUT2D eigenvalue weighted by Gasteiger charge is 2.25. The van der Waals surface area contributed by atoms with Crippen LogP contribution in [0.2, 0.25) is 0 Å². The second-order valence-electron chi connectivity index (χ2n) is 6.30. The first-order valence-electron chi connectivity index (χ1n) is 8.33. The van der Waals surface area contributed by atoms with E-state index in [1.165, 1.54) is 5.69 Å². The van der Waals surface area contributed by atoms with Crippen LogP contribution in [-0.2, 0) is 0 Å². The van der Waals surface area contributed by atoms with E-state index in [0.29, 0.717) is 17.4 Å². The van der Waals surface area contributed by atoms with Crippen molar-refractivity contribution in [2.75, 3.05) is 32.2 Å². The molecule has 0 radical (unpaired) electrons. The number of aromatic nitrogens is 1. The van der Waals surface area contributed by atoms with Crippen molar-refractivity contribution >= 4 is 16.6 Å². The standard InChI is InChI=1S/C19H23N3O2/c1-13(12-20)14-5-8-22(9-6-14)17-4-7-21-16-11-19(24-3)18(23-2)10-15(16)17/h4,7,10-11,13-14H,5-6,8-9H2,1-3H3. The van der Waals surface area contributed by atoms with Gasteiger partial charge in [0.25, 0.3) is 0 Å². The molecule has 1 saturated heterocycles. The van der Waals surface area contributed by atoms with Crippen LogP contribution in [0, 0.1) is 23.2 Å². The molecule has 5 heteroatoms. The molecule has 0 aliphatic carbocycles. The number of nitrogens with zero attached hydrogens (tertiary/aromatic N) is 3. The van der Waals surface area contributed by atoms with Gasteiger partial charge in [0.15, 0.2) is 11.5 Å². The van der Waals surface area contributed by atoms with Gasteiger partial charge in [-0.25, -0.2) is 0 Å². The molecule has 1 aliphatic rings. The molecule has 126 valence electrons. The third-order valence-corrected chi connectivity index (χ3v) is 5.01. The van der Waals surface area contributed by atoms with Gasteiger partial charge in [-0.1, -0.05) is 0 Å². The van der Waals surface area contributed by atoms with E-state index in [-0.39, 0.29) is 5.92 Å². The number of benzene rings is 1. The van der Waals surface area contributed by atoms with Crippen molar-refractivity contribution in [3.8, 4) is 17.6 Å². The summed E-state index contributed by atoms with van der Waals surface area (Å²) in [6.07, 6.45) is 3.94. The third-order valence-electron chi connectivity index (χ3n) is 5.01. The SMILES string of the molecule is COc1cc2nccc(N3CCC(C(C)C#N)CC3)c2cc1OC. The van der Waals surface area contributed by atoms with Crippen molar-refractivity contribution < 1.29 is 9.47 Å². The van der Waals surface area contributed by atoms with Crippen molar-refractivity contribution in [1.29, 1.82) is 5.26 Å². The molecule has 0 bridgehead atoms. The van der Waals surface area contributed by atoms with Crippen molar-refractivity contribution in [1.82, 2.24) is 4.98 Å². The number of piperidine rings is 1. The average molecular weight is 325 g/mol. The molecule has 1 atom stereocenters. The lowest BCUT2D eigenvalue weighted by atomic mass is 9.86. The van der Waals surface area contributed by atoms with Crippen molar-refractivity contribution in [3.05, 3.63) is 24.4 Å². The zero-order valence-electron chi connectivity index (χ0n) is 14.5. The van der Waals surface area contributed by atoms with E-state index in [2.05, 4.69) is 22.0 Å². The Morgan fingerprint density at radius 1 is 1.21 bits per heavy atom. The summed E-state index contributed by atoms with van der Waals surface area (Å²) >= 11 is 0. The van der Waals surface area contributed by atoms with Crippen LogP contribution < -0.4 is 14.4 Å².